The summed E-state index contributed by atoms with van der Waals surface area (Å²) < 4.78 is 20.2. The van der Waals surface area contributed by atoms with Crippen molar-refractivity contribution in [3.63, 3.8) is 0 Å². The standard InChI is InChI=1S/C13H13FN2O2/c1-16-10-5-4-8(14)7-9(10)15-12(13(16)17)11-3-2-6-18-11/h4-5,7,11H,2-3,6H2,1H3. The molecule has 0 spiro atoms. The van der Waals surface area contributed by atoms with Crippen LogP contribution in [0, 0.1) is 5.82 Å². The molecule has 1 unspecified atom stereocenters. The molecule has 5 heteroatoms. The molecule has 1 aliphatic heterocycles. The molecule has 0 radical (unpaired) electrons. The molecular weight excluding hydrogens is 235 g/mol. The van der Waals surface area contributed by atoms with Gasteiger partial charge >= 0.3 is 0 Å². The Labute approximate surface area is 103 Å². The fourth-order valence-electron chi connectivity index (χ4n) is 2.33. The van der Waals surface area contributed by atoms with Crippen molar-refractivity contribution < 1.29 is 9.13 Å². The van der Waals surface area contributed by atoms with Crippen LogP contribution in [0.1, 0.15) is 24.6 Å². The summed E-state index contributed by atoms with van der Waals surface area (Å²) >= 11 is 0. The maximum absolute atomic E-state index is 13.2. The number of hydrogen-bond acceptors (Lipinski definition) is 3. The van der Waals surface area contributed by atoms with Gasteiger partial charge in [-0.1, -0.05) is 0 Å². The Morgan fingerprint density at radius 1 is 1.50 bits per heavy atom. The first kappa shape index (κ1) is 11.3. The van der Waals surface area contributed by atoms with Crippen molar-refractivity contribution in [1.82, 2.24) is 9.55 Å². The lowest BCUT2D eigenvalue weighted by atomic mass is 10.1. The minimum atomic E-state index is -0.355. The maximum Gasteiger partial charge on any atom is 0.275 e. The lowest BCUT2D eigenvalue weighted by molar-refractivity contribution is 0.107. The van der Waals surface area contributed by atoms with E-state index in [1.807, 2.05) is 0 Å². The average Bonchev–Trinajstić information content (AvgIpc) is 2.87. The van der Waals surface area contributed by atoms with Gasteiger partial charge in [0.2, 0.25) is 0 Å². The molecule has 2 heterocycles. The van der Waals surface area contributed by atoms with E-state index in [4.69, 9.17) is 4.74 Å². The molecule has 1 fully saturated rings. The first-order valence-corrected chi connectivity index (χ1v) is 5.94. The van der Waals surface area contributed by atoms with Crippen LogP contribution in [0.25, 0.3) is 11.0 Å². The highest BCUT2D eigenvalue weighted by molar-refractivity contribution is 5.74. The molecular formula is C13H13FN2O2. The molecule has 2 aromatic rings. The Morgan fingerprint density at radius 3 is 3.06 bits per heavy atom. The van der Waals surface area contributed by atoms with E-state index in [2.05, 4.69) is 4.98 Å². The van der Waals surface area contributed by atoms with Gasteiger partial charge < -0.3 is 9.30 Å². The predicted molar refractivity (Wildman–Crippen MR) is 64.9 cm³/mol. The number of fused-ring (bicyclic) bond motifs is 1. The van der Waals surface area contributed by atoms with Gasteiger partial charge in [0.05, 0.1) is 11.0 Å². The maximum atomic E-state index is 13.2. The Bertz CT molecular complexity index is 660. The summed E-state index contributed by atoms with van der Waals surface area (Å²) in [7, 11) is 1.67. The van der Waals surface area contributed by atoms with Crippen LogP contribution in [0.2, 0.25) is 0 Å². The second-order valence-corrected chi connectivity index (χ2v) is 4.50. The molecule has 1 saturated heterocycles. The zero-order valence-electron chi connectivity index (χ0n) is 10.0. The largest absolute Gasteiger partial charge is 0.372 e. The lowest BCUT2D eigenvalue weighted by Crippen LogP contribution is -2.25. The van der Waals surface area contributed by atoms with Gasteiger partial charge in [-0.15, -0.1) is 0 Å². The molecule has 4 nitrogen and oxygen atoms in total. The van der Waals surface area contributed by atoms with Gasteiger partial charge in [0.15, 0.2) is 0 Å². The fraction of sp³-hybridized carbons (Fsp3) is 0.385. The average molecular weight is 248 g/mol. The molecule has 0 N–H and O–H groups in total. The van der Waals surface area contributed by atoms with Crippen molar-refractivity contribution in [3.05, 3.63) is 40.1 Å². The molecule has 0 amide bonds. The number of halogens is 1. The van der Waals surface area contributed by atoms with Crippen LogP contribution in [0.4, 0.5) is 4.39 Å². The number of aryl methyl sites for hydroxylation is 1. The number of ether oxygens (including phenoxy) is 1. The van der Waals surface area contributed by atoms with Gasteiger partial charge in [0, 0.05) is 19.7 Å². The minimum Gasteiger partial charge on any atom is -0.372 e. The predicted octanol–water partition coefficient (Wildman–Crippen LogP) is 1.92. The molecule has 0 aliphatic carbocycles. The van der Waals surface area contributed by atoms with Gasteiger partial charge in [-0.3, -0.25) is 4.79 Å². The fourth-order valence-corrected chi connectivity index (χ4v) is 2.33. The van der Waals surface area contributed by atoms with Crippen LogP contribution in [-0.4, -0.2) is 16.2 Å². The third-order valence-corrected chi connectivity index (χ3v) is 3.30. The number of rotatable bonds is 1. The zero-order chi connectivity index (χ0) is 12.7. The van der Waals surface area contributed by atoms with Crippen LogP contribution >= 0.6 is 0 Å². The van der Waals surface area contributed by atoms with Crippen molar-refractivity contribution in [2.45, 2.75) is 18.9 Å². The van der Waals surface area contributed by atoms with Crippen LogP contribution < -0.4 is 5.56 Å². The first-order valence-electron chi connectivity index (χ1n) is 5.94. The SMILES string of the molecule is Cn1c(=O)c(C2CCCO2)nc2cc(F)ccc21. The summed E-state index contributed by atoms with van der Waals surface area (Å²) in [4.78, 5) is 16.5. The van der Waals surface area contributed by atoms with Crippen LogP contribution in [0.3, 0.4) is 0 Å². The Balaban J connectivity index is 2.26. The van der Waals surface area contributed by atoms with Crippen molar-refractivity contribution in [1.29, 1.82) is 0 Å². The smallest absolute Gasteiger partial charge is 0.275 e. The molecule has 0 saturated carbocycles. The van der Waals surface area contributed by atoms with Gasteiger partial charge in [0.1, 0.15) is 17.6 Å². The highest BCUT2D eigenvalue weighted by Gasteiger charge is 2.23. The van der Waals surface area contributed by atoms with E-state index in [-0.39, 0.29) is 17.5 Å². The zero-order valence-corrected chi connectivity index (χ0v) is 10.0. The number of benzene rings is 1. The lowest BCUT2D eigenvalue weighted by Gasteiger charge is -2.12. The van der Waals surface area contributed by atoms with E-state index in [0.29, 0.717) is 23.3 Å². The monoisotopic (exact) mass is 248 g/mol. The summed E-state index contributed by atoms with van der Waals surface area (Å²) in [6.45, 7) is 0.649. The molecule has 0 bridgehead atoms. The Hall–Kier alpha value is -1.75. The van der Waals surface area contributed by atoms with Crippen molar-refractivity contribution >= 4 is 11.0 Å². The summed E-state index contributed by atoms with van der Waals surface area (Å²) in [6, 6.07) is 4.24. The molecule has 1 atom stereocenters. The van der Waals surface area contributed by atoms with Gasteiger partial charge in [0.25, 0.3) is 5.56 Å². The van der Waals surface area contributed by atoms with Gasteiger partial charge in [-0.25, -0.2) is 9.37 Å². The Kier molecular flexibility index (Phi) is 2.63. The van der Waals surface area contributed by atoms with E-state index in [1.54, 1.807) is 13.1 Å². The van der Waals surface area contributed by atoms with Crippen LogP contribution in [-0.2, 0) is 11.8 Å². The summed E-state index contributed by atoms with van der Waals surface area (Å²) in [5.74, 6) is -0.355. The topological polar surface area (TPSA) is 44.1 Å². The third-order valence-electron chi connectivity index (χ3n) is 3.30. The van der Waals surface area contributed by atoms with Crippen molar-refractivity contribution in [2.24, 2.45) is 7.05 Å². The van der Waals surface area contributed by atoms with Gasteiger partial charge in [-0.2, -0.15) is 0 Å². The minimum absolute atomic E-state index is 0.166. The first-order chi connectivity index (χ1) is 8.66. The second-order valence-electron chi connectivity index (χ2n) is 4.50. The van der Waals surface area contributed by atoms with E-state index in [9.17, 15) is 9.18 Å². The number of aromatic nitrogens is 2. The highest BCUT2D eigenvalue weighted by Crippen LogP contribution is 2.26. The Morgan fingerprint density at radius 2 is 2.33 bits per heavy atom. The normalized spacial score (nSPS) is 19.6. The highest BCUT2D eigenvalue weighted by atomic mass is 19.1. The number of hydrogen-bond donors (Lipinski definition) is 0. The van der Waals surface area contributed by atoms with E-state index in [0.717, 1.165) is 12.8 Å². The summed E-state index contributed by atoms with van der Waals surface area (Å²) in [5.41, 5.74) is 1.33. The molecule has 3 rings (SSSR count). The van der Waals surface area contributed by atoms with Crippen molar-refractivity contribution in [3.8, 4) is 0 Å². The van der Waals surface area contributed by atoms with Gasteiger partial charge in [-0.05, 0) is 25.0 Å². The molecule has 1 aliphatic rings. The molecule has 1 aromatic heterocycles. The molecule has 1 aromatic carbocycles. The number of nitrogens with zero attached hydrogens (tertiary/aromatic N) is 2. The van der Waals surface area contributed by atoms with Crippen LogP contribution in [0.5, 0.6) is 0 Å². The summed E-state index contributed by atoms with van der Waals surface area (Å²) in [5, 5.41) is 0. The molecule has 18 heavy (non-hydrogen) atoms. The molecule has 94 valence electrons. The third kappa shape index (κ3) is 1.71. The van der Waals surface area contributed by atoms with Crippen molar-refractivity contribution in [2.75, 3.05) is 6.61 Å². The van der Waals surface area contributed by atoms with E-state index < -0.39 is 0 Å². The second kappa shape index (κ2) is 4.17. The van der Waals surface area contributed by atoms with Crippen LogP contribution in [0.15, 0.2) is 23.0 Å². The van der Waals surface area contributed by atoms with E-state index in [1.165, 1.54) is 16.7 Å². The quantitative estimate of drug-likeness (QED) is 0.774. The summed E-state index contributed by atoms with van der Waals surface area (Å²) in [6.07, 6.45) is 1.47. The van der Waals surface area contributed by atoms with E-state index >= 15 is 0 Å².